The quantitative estimate of drug-likeness (QED) is 0.783. The van der Waals surface area contributed by atoms with Crippen molar-refractivity contribution in [2.24, 2.45) is 5.92 Å². The summed E-state index contributed by atoms with van der Waals surface area (Å²) < 4.78 is 41.7. The second-order valence-corrected chi connectivity index (χ2v) is 6.31. The van der Waals surface area contributed by atoms with Gasteiger partial charge >= 0.3 is 6.18 Å². The van der Waals surface area contributed by atoms with Gasteiger partial charge in [-0.1, -0.05) is 25.4 Å². The molecule has 0 aliphatic carbocycles. The smallest absolute Gasteiger partial charge is 0.422 e. The Labute approximate surface area is 147 Å². The fraction of sp³-hybridized carbons (Fsp3) is 0.375. The second kappa shape index (κ2) is 7.77. The van der Waals surface area contributed by atoms with Crippen LogP contribution in [0.4, 0.5) is 18.9 Å². The first kappa shape index (κ1) is 19.1. The summed E-state index contributed by atoms with van der Waals surface area (Å²) in [5, 5.41) is 9.39. The molecule has 0 atom stereocenters. The maximum Gasteiger partial charge on any atom is 0.422 e. The fourth-order valence-electron chi connectivity index (χ4n) is 2.09. The molecule has 0 aliphatic heterocycles. The Bertz CT molecular complexity index is 744. The number of aromatic nitrogens is 2. The Kier molecular flexibility index (Phi) is 5.94. The fourth-order valence-corrected chi connectivity index (χ4v) is 2.27. The van der Waals surface area contributed by atoms with E-state index in [1.807, 2.05) is 13.8 Å². The number of hydrogen-bond acceptors (Lipinski definition) is 3. The lowest BCUT2D eigenvalue weighted by Gasteiger charge is -2.13. The topological polar surface area (TPSA) is 67.0 Å². The number of carbonyl (C=O) groups is 1. The van der Waals surface area contributed by atoms with Gasteiger partial charge in [0, 0.05) is 10.7 Å². The Morgan fingerprint density at radius 2 is 2.08 bits per heavy atom. The minimum Gasteiger partial charge on any atom is -0.482 e. The number of alkyl halides is 3. The number of halogens is 4. The first-order valence-corrected chi connectivity index (χ1v) is 7.86. The van der Waals surface area contributed by atoms with Gasteiger partial charge in [0.25, 0.3) is 5.91 Å². The van der Waals surface area contributed by atoms with Crippen molar-refractivity contribution in [3.8, 4) is 5.75 Å². The van der Waals surface area contributed by atoms with Crippen LogP contribution in [0.15, 0.2) is 24.3 Å². The lowest BCUT2D eigenvalue weighted by molar-refractivity contribution is -0.153. The van der Waals surface area contributed by atoms with Crippen molar-refractivity contribution in [3.63, 3.8) is 0 Å². The molecule has 2 N–H and O–H groups in total. The van der Waals surface area contributed by atoms with Crippen molar-refractivity contribution in [3.05, 3.63) is 40.7 Å². The standard InChI is InChI=1S/C16H17ClF3N3O2/c1-9(2)5-11-7-13(23-22-11)15(24)21-12-6-10(17)3-4-14(12)25-8-16(18,19)20/h3-4,6-7,9H,5,8H2,1-2H3,(H,21,24)(H,22,23). The first-order chi connectivity index (χ1) is 11.6. The van der Waals surface area contributed by atoms with Gasteiger partial charge in [-0.05, 0) is 36.6 Å². The van der Waals surface area contributed by atoms with Crippen molar-refractivity contribution in [2.45, 2.75) is 26.4 Å². The van der Waals surface area contributed by atoms with E-state index in [1.165, 1.54) is 18.2 Å². The Morgan fingerprint density at radius 1 is 1.36 bits per heavy atom. The predicted molar refractivity (Wildman–Crippen MR) is 88.1 cm³/mol. The molecule has 0 aliphatic rings. The van der Waals surface area contributed by atoms with Crippen molar-refractivity contribution in [1.29, 1.82) is 0 Å². The molecular formula is C16H17ClF3N3O2. The number of anilines is 1. The lowest BCUT2D eigenvalue weighted by atomic mass is 10.1. The molecule has 0 radical (unpaired) electrons. The van der Waals surface area contributed by atoms with Gasteiger partial charge in [-0.3, -0.25) is 9.89 Å². The van der Waals surface area contributed by atoms with Crippen LogP contribution in [0.2, 0.25) is 5.02 Å². The molecule has 0 spiro atoms. The third-order valence-electron chi connectivity index (χ3n) is 3.07. The number of carbonyl (C=O) groups excluding carboxylic acids is 1. The Morgan fingerprint density at radius 3 is 2.72 bits per heavy atom. The van der Waals surface area contributed by atoms with Gasteiger partial charge in [0.05, 0.1) is 5.69 Å². The molecule has 0 saturated carbocycles. The van der Waals surface area contributed by atoms with E-state index in [1.54, 1.807) is 6.07 Å². The van der Waals surface area contributed by atoms with E-state index in [0.717, 1.165) is 12.1 Å². The van der Waals surface area contributed by atoms with E-state index in [9.17, 15) is 18.0 Å². The van der Waals surface area contributed by atoms with E-state index < -0.39 is 18.7 Å². The van der Waals surface area contributed by atoms with Crippen molar-refractivity contribution in [1.82, 2.24) is 10.2 Å². The van der Waals surface area contributed by atoms with Crippen LogP contribution in [0.5, 0.6) is 5.75 Å². The number of aromatic amines is 1. The zero-order chi connectivity index (χ0) is 18.6. The highest BCUT2D eigenvalue weighted by Gasteiger charge is 2.29. The van der Waals surface area contributed by atoms with Gasteiger partial charge in [0.1, 0.15) is 5.75 Å². The summed E-state index contributed by atoms with van der Waals surface area (Å²) in [4.78, 5) is 12.3. The summed E-state index contributed by atoms with van der Waals surface area (Å²) in [7, 11) is 0. The van der Waals surface area contributed by atoms with Crippen LogP contribution in [0, 0.1) is 5.92 Å². The van der Waals surface area contributed by atoms with E-state index in [-0.39, 0.29) is 22.2 Å². The van der Waals surface area contributed by atoms with E-state index in [4.69, 9.17) is 16.3 Å². The molecule has 1 aromatic heterocycles. The summed E-state index contributed by atoms with van der Waals surface area (Å²) >= 11 is 5.85. The van der Waals surface area contributed by atoms with Gasteiger partial charge in [0.15, 0.2) is 12.3 Å². The van der Waals surface area contributed by atoms with Crippen LogP contribution in [0.1, 0.15) is 30.0 Å². The zero-order valence-corrected chi connectivity index (χ0v) is 14.3. The normalized spacial score (nSPS) is 11.6. The zero-order valence-electron chi connectivity index (χ0n) is 13.6. The minimum atomic E-state index is -4.49. The van der Waals surface area contributed by atoms with Crippen LogP contribution in [0.3, 0.4) is 0 Å². The number of hydrogen-bond donors (Lipinski definition) is 2. The number of nitrogens with one attached hydrogen (secondary N) is 2. The highest BCUT2D eigenvalue weighted by atomic mass is 35.5. The summed E-state index contributed by atoms with van der Waals surface area (Å²) in [6.45, 7) is 2.58. The van der Waals surface area contributed by atoms with Gasteiger partial charge in [-0.2, -0.15) is 18.3 Å². The van der Waals surface area contributed by atoms with E-state index >= 15 is 0 Å². The van der Waals surface area contributed by atoms with Crippen LogP contribution in [0.25, 0.3) is 0 Å². The van der Waals surface area contributed by atoms with E-state index in [0.29, 0.717) is 5.92 Å². The number of nitrogens with zero attached hydrogens (tertiary/aromatic N) is 1. The largest absolute Gasteiger partial charge is 0.482 e. The first-order valence-electron chi connectivity index (χ1n) is 7.49. The third-order valence-corrected chi connectivity index (χ3v) is 3.31. The predicted octanol–water partition coefficient (Wildman–Crippen LogP) is 4.46. The average molecular weight is 376 g/mol. The molecule has 2 aromatic rings. The maximum absolute atomic E-state index is 12.3. The minimum absolute atomic E-state index is 0.0372. The van der Waals surface area contributed by atoms with Gasteiger partial charge in [-0.15, -0.1) is 0 Å². The molecular weight excluding hydrogens is 359 g/mol. The highest BCUT2D eigenvalue weighted by molar-refractivity contribution is 6.31. The highest BCUT2D eigenvalue weighted by Crippen LogP contribution is 2.30. The van der Waals surface area contributed by atoms with Crippen LogP contribution >= 0.6 is 11.6 Å². The van der Waals surface area contributed by atoms with Gasteiger partial charge in [0.2, 0.25) is 0 Å². The number of rotatable bonds is 6. The average Bonchev–Trinajstić information content (AvgIpc) is 2.93. The summed E-state index contributed by atoms with van der Waals surface area (Å²) in [6, 6.07) is 5.54. The molecule has 25 heavy (non-hydrogen) atoms. The molecule has 0 bridgehead atoms. The molecule has 0 unspecified atom stereocenters. The van der Waals surface area contributed by atoms with Crippen LogP contribution in [-0.2, 0) is 6.42 Å². The molecule has 0 fully saturated rings. The van der Waals surface area contributed by atoms with E-state index in [2.05, 4.69) is 15.5 Å². The molecule has 9 heteroatoms. The van der Waals surface area contributed by atoms with Crippen LogP contribution < -0.4 is 10.1 Å². The number of H-pyrrole nitrogens is 1. The number of benzene rings is 1. The summed E-state index contributed by atoms with van der Waals surface area (Å²) in [6.07, 6.45) is -3.77. The summed E-state index contributed by atoms with van der Waals surface area (Å²) in [5.41, 5.74) is 0.951. The van der Waals surface area contributed by atoms with Gasteiger partial charge in [-0.25, -0.2) is 0 Å². The molecule has 1 amide bonds. The number of amides is 1. The van der Waals surface area contributed by atoms with Crippen molar-refractivity contribution in [2.75, 3.05) is 11.9 Å². The molecule has 2 rings (SSSR count). The Balaban J connectivity index is 2.14. The third kappa shape index (κ3) is 5.97. The maximum atomic E-state index is 12.3. The Hall–Kier alpha value is -2.22. The molecule has 5 nitrogen and oxygen atoms in total. The van der Waals surface area contributed by atoms with Crippen molar-refractivity contribution < 1.29 is 22.7 Å². The summed E-state index contributed by atoms with van der Waals surface area (Å²) in [5.74, 6) is -0.329. The van der Waals surface area contributed by atoms with Gasteiger partial charge < -0.3 is 10.1 Å². The monoisotopic (exact) mass is 375 g/mol. The molecule has 136 valence electrons. The molecule has 1 heterocycles. The van der Waals surface area contributed by atoms with Crippen molar-refractivity contribution >= 4 is 23.2 Å². The second-order valence-electron chi connectivity index (χ2n) is 5.87. The SMILES string of the molecule is CC(C)Cc1cc(C(=O)Nc2cc(Cl)ccc2OCC(F)(F)F)n[nH]1. The lowest BCUT2D eigenvalue weighted by Crippen LogP contribution is -2.20. The molecule has 0 saturated heterocycles. The number of ether oxygens (including phenoxy) is 1. The molecule has 1 aromatic carbocycles. The van der Waals surface area contributed by atoms with Crippen LogP contribution in [-0.4, -0.2) is 28.9 Å².